The van der Waals surface area contributed by atoms with Crippen molar-refractivity contribution in [2.45, 2.75) is 51.4 Å². The molecule has 0 saturated heterocycles. The first-order valence-corrected chi connectivity index (χ1v) is 10.3. The Bertz CT molecular complexity index is 545. The summed E-state index contributed by atoms with van der Waals surface area (Å²) in [5.41, 5.74) is 10.9. The molecule has 0 saturated carbocycles. The quantitative estimate of drug-likeness (QED) is 0.244. The Labute approximate surface area is 174 Å². The Morgan fingerprint density at radius 3 is 1.74 bits per heavy atom. The van der Waals surface area contributed by atoms with E-state index in [-0.39, 0.29) is 5.56 Å². The van der Waals surface area contributed by atoms with Crippen LogP contribution >= 0.6 is 22.6 Å². The molecular formula is C19H31IN2O5. The first-order valence-electron chi connectivity index (χ1n) is 9.20. The van der Waals surface area contributed by atoms with Gasteiger partial charge >= 0.3 is 11.9 Å². The zero-order valence-corrected chi connectivity index (χ0v) is 17.8. The average Bonchev–Trinajstić information content (AvgIpc) is 2.63. The third-order valence-corrected chi connectivity index (χ3v) is 4.53. The second-order valence-corrected chi connectivity index (χ2v) is 7.20. The molecule has 0 heterocycles. The van der Waals surface area contributed by atoms with E-state index in [1.54, 1.807) is 0 Å². The molecule has 0 aliphatic heterocycles. The van der Waals surface area contributed by atoms with E-state index < -0.39 is 18.5 Å². The Kier molecular flexibility index (Phi) is 15.9. The van der Waals surface area contributed by atoms with Crippen LogP contribution in [0.15, 0.2) is 18.2 Å². The van der Waals surface area contributed by atoms with E-state index >= 15 is 0 Å². The maximum atomic E-state index is 10.6. The number of benzene rings is 1. The van der Waals surface area contributed by atoms with Crippen LogP contribution < -0.4 is 16.2 Å². The lowest BCUT2D eigenvalue weighted by molar-refractivity contribution is -0.139. The number of hydrogen-bond acceptors (Lipinski definition) is 5. The van der Waals surface area contributed by atoms with Gasteiger partial charge in [-0.15, -0.1) is 0 Å². The maximum absolute atomic E-state index is 10.6. The van der Waals surface area contributed by atoms with Crippen molar-refractivity contribution in [3.05, 3.63) is 27.3 Å². The summed E-state index contributed by atoms with van der Waals surface area (Å²) in [4.78, 5) is 20.8. The Hall–Kier alpha value is -1.39. The molecule has 0 aliphatic carbocycles. The monoisotopic (exact) mass is 494 g/mol. The fraction of sp³-hybridized carbons (Fsp3) is 0.579. The maximum Gasteiger partial charge on any atom is 0.341 e. The average molecular weight is 494 g/mol. The number of hydrogen-bond donors (Lipinski definition) is 4. The number of carboxylic acid groups (broad SMARTS) is 2. The number of aromatic carboxylic acids is 1. The zero-order chi connectivity index (χ0) is 20.5. The van der Waals surface area contributed by atoms with Crippen LogP contribution in [-0.4, -0.2) is 41.8 Å². The lowest BCUT2D eigenvalue weighted by Gasteiger charge is -2.05. The molecule has 1 aromatic carbocycles. The van der Waals surface area contributed by atoms with E-state index in [2.05, 4.69) is 0 Å². The Balaban J connectivity index is 0.000000516. The minimum Gasteiger partial charge on any atom is -0.481 e. The molecule has 0 bridgehead atoms. The van der Waals surface area contributed by atoms with Crippen molar-refractivity contribution < 1.29 is 24.5 Å². The predicted molar refractivity (Wildman–Crippen MR) is 114 cm³/mol. The molecule has 0 amide bonds. The van der Waals surface area contributed by atoms with Gasteiger partial charge in [0.25, 0.3) is 0 Å². The van der Waals surface area contributed by atoms with Crippen LogP contribution in [0.1, 0.15) is 61.7 Å². The van der Waals surface area contributed by atoms with Gasteiger partial charge in [-0.2, -0.15) is 0 Å². The topological polar surface area (TPSA) is 136 Å². The number of unbranched alkanes of at least 4 members (excludes halogenated alkanes) is 7. The number of carbonyl (C=O) groups is 2. The van der Waals surface area contributed by atoms with E-state index in [0.717, 1.165) is 13.1 Å². The van der Waals surface area contributed by atoms with Crippen molar-refractivity contribution in [1.29, 1.82) is 0 Å². The van der Waals surface area contributed by atoms with E-state index in [1.165, 1.54) is 69.6 Å². The van der Waals surface area contributed by atoms with Gasteiger partial charge in [0, 0.05) is 0 Å². The van der Waals surface area contributed by atoms with Crippen LogP contribution in [0.3, 0.4) is 0 Å². The first-order chi connectivity index (χ1) is 12.9. The normalized spacial score (nSPS) is 10.0. The van der Waals surface area contributed by atoms with Gasteiger partial charge in [-0.3, -0.25) is 0 Å². The summed E-state index contributed by atoms with van der Waals surface area (Å²) in [6.45, 7) is 1.27. The molecule has 0 atom stereocenters. The number of carboxylic acids is 2. The summed E-state index contributed by atoms with van der Waals surface area (Å²) in [6.07, 6.45) is 10.5. The fourth-order valence-electron chi connectivity index (χ4n) is 2.24. The molecule has 27 heavy (non-hydrogen) atoms. The highest BCUT2D eigenvalue weighted by molar-refractivity contribution is 14.1. The third-order valence-electron chi connectivity index (χ3n) is 3.69. The molecule has 1 rings (SSSR count). The molecule has 0 unspecified atom stereocenters. The largest absolute Gasteiger partial charge is 0.481 e. The van der Waals surface area contributed by atoms with Crippen LogP contribution in [0.2, 0.25) is 0 Å². The highest BCUT2D eigenvalue weighted by atomic mass is 127. The van der Waals surface area contributed by atoms with Gasteiger partial charge in [0.2, 0.25) is 0 Å². The van der Waals surface area contributed by atoms with E-state index in [0.29, 0.717) is 9.32 Å². The van der Waals surface area contributed by atoms with Crippen molar-refractivity contribution in [1.82, 2.24) is 0 Å². The van der Waals surface area contributed by atoms with Crippen LogP contribution in [0.4, 0.5) is 0 Å². The predicted octanol–water partition coefficient (Wildman–Crippen LogP) is 3.48. The van der Waals surface area contributed by atoms with E-state index in [9.17, 15) is 9.59 Å². The van der Waals surface area contributed by atoms with Gasteiger partial charge in [0.1, 0.15) is 5.75 Å². The molecule has 7 nitrogen and oxygen atoms in total. The second kappa shape index (κ2) is 16.8. The smallest absolute Gasteiger partial charge is 0.341 e. The summed E-state index contributed by atoms with van der Waals surface area (Å²) in [7, 11) is 0. The molecule has 0 fully saturated rings. The fourth-order valence-corrected chi connectivity index (χ4v) is 2.91. The van der Waals surface area contributed by atoms with Crippen molar-refractivity contribution in [2.75, 3.05) is 19.7 Å². The first kappa shape index (κ1) is 25.6. The number of ether oxygens (including phenoxy) is 1. The summed E-state index contributed by atoms with van der Waals surface area (Å²) in [5.74, 6) is -1.74. The van der Waals surface area contributed by atoms with Crippen LogP contribution in [-0.2, 0) is 4.79 Å². The highest BCUT2D eigenvalue weighted by Crippen LogP contribution is 2.22. The summed E-state index contributed by atoms with van der Waals surface area (Å²) in [6, 6.07) is 4.22. The Morgan fingerprint density at radius 2 is 1.37 bits per heavy atom. The van der Waals surface area contributed by atoms with Crippen LogP contribution in [0.25, 0.3) is 0 Å². The van der Waals surface area contributed by atoms with Gasteiger partial charge < -0.3 is 26.4 Å². The summed E-state index contributed by atoms with van der Waals surface area (Å²) >= 11 is 1.88. The highest BCUT2D eigenvalue weighted by Gasteiger charge is 2.08. The van der Waals surface area contributed by atoms with Gasteiger partial charge in [-0.05, 0) is 66.7 Å². The molecule has 0 aliphatic rings. The molecular weight excluding hydrogens is 463 g/mol. The standard InChI is InChI=1S/C10H24N2.C9H7IO5/c11-9-7-5-3-1-2-4-6-8-10-12;10-6-3-5(9(13)14)1-2-7(6)15-4-8(11)12/h1-12H2;1-3H,4H2,(H,11,12)(H,13,14). The molecule has 0 radical (unpaired) electrons. The number of aliphatic carboxylic acids is 1. The zero-order valence-electron chi connectivity index (χ0n) is 15.7. The second-order valence-electron chi connectivity index (χ2n) is 6.04. The third kappa shape index (κ3) is 14.3. The van der Waals surface area contributed by atoms with E-state index in [4.69, 9.17) is 26.4 Å². The molecule has 8 heteroatoms. The summed E-state index contributed by atoms with van der Waals surface area (Å²) in [5, 5.41) is 17.1. The lowest BCUT2D eigenvalue weighted by Crippen LogP contribution is -2.10. The van der Waals surface area contributed by atoms with Crippen LogP contribution in [0.5, 0.6) is 5.75 Å². The van der Waals surface area contributed by atoms with Crippen molar-refractivity contribution in [3.8, 4) is 5.75 Å². The molecule has 6 N–H and O–H groups in total. The number of nitrogens with two attached hydrogens (primary N) is 2. The lowest BCUT2D eigenvalue weighted by atomic mass is 10.1. The molecule has 1 aromatic rings. The summed E-state index contributed by atoms with van der Waals surface area (Å²) < 4.78 is 5.50. The molecule has 154 valence electrons. The van der Waals surface area contributed by atoms with Crippen molar-refractivity contribution in [3.63, 3.8) is 0 Å². The Morgan fingerprint density at radius 1 is 0.889 bits per heavy atom. The van der Waals surface area contributed by atoms with Gasteiger partial charge in [-0.25, -0.2) is 9.59 Å². The van der Waals surface area contributed by atoms with Crippen molar-refractivity contribution in [2.24, 2.45) is 11.5 Å². The van der Waals surface area contributed by atoms with Gasteiger partial charge in [0.15, 0.2) is 6.61 Å². The minimum absolute atomic E-state index is 0.141. The number of halogens is 1. The van der Waals surface area contributed by atoms with Crippen LogP contribution in [0, 0.1) is 3.57 Å². The van der Waals surface area contributed by atoms with E-state index in [1.807, 2.05) is 22.6 Å². The van der Waals surface area contributed by atoms with Gasteiger partial charge in [-0.1, -0.05) is 38.5 Å². The number of rotatable bonds is 13. The van der Waals surface area contributed by atoms with Gasteiger partial charge in [0.05, 0.1) is 9.13 Å². The SMILES string of the molecule is NCCCCCCCCCCN.O=C(O)COc1ccc(C(=O)O)cc1I. The molecule has 0 spiro atoms. The minimum atomic E-state index is -1.08. The van der Waals surface area contributed by atoms with Crippen molar-refractivity contribution >= 4 is 34.5 Å². The molecule has 0 aromatic heterocycles.